The highest BCUT2D eigenvalue weighted by atomic mass is 16.7. The summed E-state index contributed by atoms with van der Waals surface area (Å²) in [4.78, 5) is 11.3. The molecule has 8 nitrogen and oxygen atoms in total. The van der Waals surface area contributed by atoms with E-state index in [4.69, 9.17) is 15.2 Å². The molecule has 2 aliphatic rings. The van der Waals surface area contributed by atoms with E-state index in [-0.39, 0.29) is 12.7 Å². The highest BCUT2D eigenvalue weighted by molar-refractivity contribution is 6.02. The van der Waals surface area contributed by atoms with Crippen LogP contribution in [0.3, 0.4) is 0 Å². The molecule has 0 radical (unpaired) electrons. The Labute approximate surface area is 166 Å². The molecule has 0 saturated carbocycles. The molecule has 2 aromatic carbocycles. The number of hydrogen-bond acceptors (Lipinski definition) is 6. The van der Waals surface area contributed by atoms with Gasteiger partial charge in [-0.2, -0.15) is 5.10 Å². The lowest BCUT2D eigenvalue weighted by Gasteiger charge is -2.24. The third-order valence-electron chi connectivity index (χ3n) is 5.44. The van der Waals surface area contributed by atoms with Crippen LogP contribution in [0.1, 0.15) is 39.5 Å². The largest absolute Gasteiger partial charge is 0.454 e. The van der Waals surface area contributed by atoms with Crippen molar-refractivity contribution in [2.45, 2.75) is 18.8 Å². The molecule has 0 spiro atoms. The van der Waals surface area contributed by atoms with Gasteiger partial charge in [0.25, 0.3) is 0 Å². The third-order valence-corrected chi connectivity index (χ3v) is 5.44. The molecule has 1 atom stereocenters. The molecule has 146 valence electrons. The Bertz CT molecular complexity index is 1130. The fourth-order valence-corrected chi connectivity index (χ4v) is 3.95. The van der Waals surface area contributed by atoms with Gasteiger partial charge in [-0.25, -0.2) is 4.68 Å². The van der Waals surface area contributed by atoms with Crippen LogP contribution in [-0.4, -0.2) is 33.4 Å². The minimum Gasteiger partial charge on any atom is -0.454 e. The average molecular weight is 390 g/mol. The second-order valence-corrected chi connectivity index (χ2v) is 7.09. The SMILES string of the molecule is NC(=O)c1ccc(-n2ncc3c2CC(c2ccc4c(c2)OCO4)C/C3=N\O)cc1. The topological polar surface area (TPSA) is 112 Å². The number of rotatable bonds is 3. The van der Waals surface area contributed by atoms with Gasteiger partial charge in [-0.1, -0.05) is 11.2 Å². The van der Waals surface area contributed by atoms with Crippen LogP contribution in [0.4, 0.5) is 0 Å². The lowest BCUT2D eigenvalue weighted by molar-refractivity contribution is 0.100. The van der Waals surface area contributed by atoms with E-state index in [0.717, 1.165) is 34.0 Å². The van der Waals surface area contributed by atoms with E-state index in [2.05, 4.69) is 10.3 Å². The van der Waals surface area contributed by atoms with Gasteiger partial charge in [0.2, 0.25) is 12.7 Å². The number of nitrogens with two attached hydrogens (primary N) is 1. The van der Waals surface area contributed by atoms with Gasteiger partial charge in [0.15, 0.2) is 11.5 Å². The van der Waals surface area contributed by atoms with Crippen LogP contribution in [0, 0.1) is 0 Å². The Hall–Kier alpha value is -3.81. The van der Waals surface area contributed by atoms with Gasteiger partial charge in [-0.15, -0.1) is 0 Å². The van der Waals surface area contributed by atoms with Crippen LogP contribution < -0.4 is 15.2 Å². The van der Waals surface area contributed by atoms with Crippen molar-refractivity contribution in [1.82, 2.24) is 9.78 Å². The van der Waals surface area contributed by atoms with Gasteiger partial charge >= 0.3 is 0 Å². The number of nitrogens with zero attached hydrogens (tertiary/aromatic N) is 3. The van der Waals surface area contributed by atoms with Gasteiger partial charge in [-0.05, 0) is 54.3 Å². The molecule has 0 saturated heterocycles. The van der Waals surface area contributed by atoms with Crippen LogP contribution in [-0.2, 0) is 6.42 Å². The van der Waals surface area contributed by atoms with Crippen molar-refractivity contribution in [2.75, 3.05) is 6.79 Å². The maximum absolute atomic E-state index is 11.3. The first-order valence-corrected chi connectivity index (χ1v) is 9.22. The smallest absolute Gasteiger partial charge is 0.248 e. The minimum absolute atomic E-state index is 0.100. The van der Waals surface area contributed by atoms with Gasteiger partial charge in [0.1, 0.15) is 0 Å². The van der Waals surface area contributed by atoms with E-state index in [1.54, 1.807) is 30.5 Å². The zero-order valence-electron chi connectivity index (χ0n) is 15.4. The zero-order chi connectivity index (χ0) is 20.0. The first-order valence-electron chi connectivity index (χ1n) is 9.22. The van der Waals surface area contributed by atoms with Crippen molar-refractivity contribution < 1.29 is 19.5 Å². The zero-order valence-corrected chi connectivity index (χ0v) is 15.4. The third kappa shape index (κ3) is 2.89. The molecule has 29 heavy (non-hydrogen) atoms. The van der Waals surface area contributed by atoms with Crippen LogP contribution >= 0.6 is 0 Å². The summed E-state index contributed by atoms with van der Waals surface area (Å²) in [5.41, 5.74) is 10.0. The van der Waals surface area contributed by atoms with E-state index in [9.17, 15) is 10.0 Å². The van der Waals surface area contributed by atoms with Crippen LogP contribution in [0.25, 0.3) is 5.69 Å². The summed E-state index contributed by atoms with van der Waals surface area (Å²) in [7, 11) is 0. The average Bonchev–Trinajstić information content (AvgIpc) is 3.39. The van der Waals surface area contributed by atoms with Crippen LogP contribution in [0.2, 0.25) is 0 Å². The number of hydrogen-bond donors (Lipinski definition) is 2. The quantitative estimate of drug-likeness (QED) is 0.527. The Kier molecular flexibility index (Phi) is 3.97. The molecule has 2 heterocycles. The number of carbonyl (C=O) groups excluding carboxylic acids is 1. The number of aromatic nitrogens is 2. The standard InChI is InChI=1S/C21H18N4O4/c22-21(26)12-1-4-15(5-2-12)25-18-8-14(7-17(24-27)16(18)10-23-25)13-3-6-19-20(9-13)29-11-28-19/h1-6,9-10,14,27H,7-8,11H2,(H2,22,26)/b24-17+. The fraction of sp³-hybridized carbons (Fsp3) is 0.190. The Morgan fingerprint density at radius 1 is 1.14 bits per heavy atom. The Morgan fingerprint density at radius 2 is 1.93 bits per heavy atom. The highest BCUT2D eigenvalue weighted by Crippen LogP contribution is 2.39. The number of fused-ring (bicyclic) bond motifs is 2. The molecule has 1 unspecified atom stereocenters. The predicted octanol–water partition coefficient (Wildman–Crippen LogP) is 2.61. The number of carbonyl (C=O) groups is 1. The number of oxime groups is 1. The number of ether oxygens (including phenoxy) is 2. The normalized spacial score (nSPS) is 18.6. The maximum atomic E-state index is 11.3. The summed E-state index contributed by atoms with van der Waals surface area (Å²) in [6.45, 7) is 0.227. The van der Waals surface area contributed by atoms with Crippen molar-refractivity contribution in [1.29, 1.82) is 0 Å². The van der Waals surface area contributed by atoms with E-state index < -0.39 is 5.91 Å². The molecule has 3 aromatic rings. The number of benzene rings is 2. The molecule has 0 fully saturated rings. The van der Waals surface area contributed by atoms with E-state index in [1.807, 2.05) is 22.9 Å². The summed E-state index contributed by atoms with van der Waals surface area (Å²) >= 11 is 0. The van der Waals surface area contributed by atoms with Crippen molar-refractivity contribution in [3.05, 3.63) is 71.0 Å². The molecule has 8 heteroatoms. The number of amides is 1. The second-order valence-electron chi connectivity index (χ2n) is 7.09. The van der Waals surface area contributed by atoms with E-state index in [1.165, 1.54) is 0 Å². The molecule has 3 N–H and O–H groups in total. The van der Waals surface area contributed by atoms with Crippen molar-refractivity contribution in [3.8, 4) is 17.2 Å². The predicted molar refractivity (Wildman–Crippen MR) is 104 cm³/mol. The van der Waals surface area contributed by atoms with Crippen LogP contribution in [0.15, 0.2) is 53.8 Å². The van der Waals surface area contributed by atoms with E-state index >= 15 is 0 Å². The van der Waals surface area contributed by atoms with Crippen LogP contribution in [0.5, 0.6) is 11.5 Å². The molecular weight excluding hydrogens is 372 g/mol. The molecule has 1 aliphatic heterocycles. The first-order chi connectivity index (χ1) is 14.1. The molecule has 1 aliphatic carbocycles. The first kappa shape index (κ1) is 17.3. The van der Waals surface area contributed by atoms with Crippen molar-refractivity contribution in [2.24, 2.45) is 10.9 Å². The summed E-state index contributed by atoms with van der Waals surface area (Å²) in [6.07, 6.45) is 3.02. The Morgan fingerprint density at radius 3 is 2.69 bits per heavy atom. The van der Waals surface area contributed by atoms with Crippen molar-refractivity contribution in [3.63, 3.8) is 0 Å². The minimum atomic E-state index is -0.475. The van der Waals surface area contributed by atoms with Gasteiger partial charge in [0, 0.05) is 17.5 Å². The molecule has 1 aromatic heterocycles. The second kappa shape index (κ2) is 6.66. The molecule has 1 amide bonds. The molecular formula is C21H18N4O4. The van der Waals surface area contributed by atoms with Gasteiger partial charge < -0.3 is 20.4 Å². The fourth-order valence-electron chi connectivity index (χ4n) is 3.95. The van der Waals surface area contributed by atoms with Crippen molar-refractivity contribution >= 4 is 11.6 Å². The Balaban J connectivity index is 1.53. The lowest BCUT2D eigenvalue weighted by atomic mass is 9.82. The lowest BCUT2D eigenvalue weighted by Crippen LogP contribution is -2.21. The molecule has 0 bridgehead atoms. The van der Waals surface area contributed by atoms with E-state index in [0.29, 0.717) is 24.1 Å². The summed E-state index contributed by atoms with van der Waals surface area (Å²) in [6, 6.07) is 12.8. The maximum Gasteiger partial charge on any atom is 0.248 e. The van der Waals surface area contributed by atoms with Gasteiger partial charge in [-0.3, -0.25) is 4.79 Å². The summed E-state index contributed by atoms with van der Waals surface area (Å²) in [5, 5.41) is 17.6. The summed E-state index contributed by atoms with van der Waals surface area (Å²) in [5.74, 6) is 1.09. The highest BCUT2D eigenvalue weighted by Gasteiger charge is 2.30. The number of primary amides is 1. The monoisotopic (exact) mass is 390 g/mol. The molecule has 5 rings (SSSR count). The van der Waals surface area contributed by atoms with Gasteiger partial charge in [0.05, 0.1) is 23.3 Å². The summed E-state index contributed by atoms with van der Waals surface area (Å²) < 4.78 is 12.7.